The molecule has 4 rings (SSSR count). The summed E-state index contributed by atoms with van der Waals surface area (Å²) < 4.78 is 5.65. The summed E-state index contributed by atoms with van der Waals surface area (Å²) in [7, 11) is 0. The Balaban J connectivity index is 1.22. The first-order valence-corrected chi connectivity index (χ1v) is 12.3. The molecule has 0 spiro atoms. The van der Waals surface area contributed by atoms with Gasteiger partial charge in [0.25, 0.3) is 0 Å². The van der Waals surface area contributed by atoms with Crippen molar-refractivity contribution in [1.82, 2.24) is 10.6 Å². The molecule has 1 saturated carbocycles. The minimum absolute atomic E-state index is 0.00282. The number of carboxylic acids is 1. The van der Waals surface area contributed by atoms with Crippen LogP contribution in [0.4, 0.5) is 4.79 Å². The Kier molecular flexibility index (Phi) is 7.43. The van der Waals surface area contributed by atoms with E-state index < -0.39 is 17.5 Å². The number of benzene rings is 2. The van der Waals surface area contributed by atoms with Gasteiger partial charge in [-0.3, -0.25) is 9.59 Å². The molecule has 7 heteroatoms. The Bertz CT molecular complexity index is 1050. The van der Waals surface area contributed by atoms with Crippen molar-refractivity contribution in [1.29, 1.82) is 0 Å². The molecule has 2 aromatic rings. The van der Waals surface area contributed by atoms with Gasteiger partial charge < -0.3 is 20.5 Å². The standard InChI is InChI=1S/C28H34N2O5/c1-28(2,15-26(32)33)17-29-25(31)14-18-11-12-19(13-18)30-27(34)35-16-24-22-9-5-3-7-20(22)21-8-4-6-10-23(21)24/h3-10,18-19,24H,11-17H2,1-2H3,(H,29,31)(H,30,34)(H,32,33). The maximum absolute atomic E-state index is 12.5. The van der Waals surface area contributed by atoms with Gasteiger partial charge in [0, 0.05) is 24.9 Å². The Hall–Kier alpha value is -3.35. The van der Waals surface area contributed by atoms with Crippen LogP contribution in [-0.2, 0) is 14.3 Å². The van der Waals surface area contributed by atoms with Crippen LogP contribution < -0.4 is 10.6 Å². The van der Waals surface area contributed by atoms with Crippen LogP contribution >= 0.6 is 0 Å². The molecule has 2 unspecified atom stereocenters. The summed E-state index contributed by atoms with van der Waals surface area (Å²) in [6, 6.07) is 16.5. The molecule has 2 aliphatic rings. The number of ether oxygens (including phenoxy) is 1. The maximum atomic E-state index is 12.5. The van der Waals surface area contributed by atoms with Crippen LogP contribution in [0.2, 0.25) is 0 Å². The first kappa shape index (κ1) is 24.8. The summed E-state index contributed by atoms with van der Waals surface area (Å²) in [5.74, 6) is -0.729. The van der Waals surface area contributed by atoms with Crippen LogP contribution in [0.1, 0.15) is 63.0 Å². The third kappa shape index (κ3) is 6.21. The van der Waals surface area contributed by atoms with Crippen molar-refractivity contribution in [2.45, 2.75) is 57.9 Å². The van der Waals surface area contributed by atoms with Gasteiger partial charge in [-0.15, -0.1) is 0 Å². The summed E-state index contributed by atoms with van der Waals surface area (Å²) in [4.78, 5) is 35.8. The SMILES string of the molecule is CC(C)(CNC(=O)CC1CCC(NC(=O)OCC2c3ccccc3-c3ccccc32)C1)CC(=O)O. The van der Waals surface area contributed by atoms with Gasteiger partial charge in [0.2, 0.25) is 5.91 Å². The zero-order chi connectivity index (χ0) is 25.0. The summed E-state index contributed by atoms with van der Waals surface area (Å²) in [6.45, 7) is 4.26. The zero-order valence-corrected chi connectivity index (χ0v) is 20.4. The van der Waals surface area contributed by atoms with E-state index in [0.29, 0.717) is 13.0 Å². The highest BCUT2D eigenvalue weighted by atomic mass is 16.5. The highest BCUT2D eigenvalue weighted by Gasteiger charge is 2.31. The van der Waals surface area contributed by atoms with Gasteiger partial charge in [-0.05, 0) is 52.8 Å². The molecule has 2 amide bonds. The topological polar surface area (TPSA) is 105 Å². The lowest BCUT2D eigenvalue weighted by molar-refractivity contribution is -0.139. The van der Waals surface area contributed by atoms with Crippen LogP contribution in [0.15, 0.2) is 48.5 Å². The third-order valence-electron chi connectivity index (χ3n) is 7.07. The monoisotopic (exact) mass is 478 g/mol. The number of nitrogens with one attached hydrogen (secondary N) is 2. The molecule has 2 aliphatic carbocycles. The molecular weight excluding hydrogens is 444 g/mol. The molecule has 35 heavy (non-hydrogen) atoms. The van der Waals surface area contributed by atoms with Gasteiger partial charge in [0.15, 0.2) is 0 Å². The number of carboxylic acid groups (broad SMARTS) is 1. The van der Waals surface area contributed by atoms with Crippen LogP contribution in [0.25, 0.3) is 11.1 Å². The van der Waals surface area contributed by atoms with E-state index in [2.05, 4.69) is 34.9 Å². The summed E-state index contributed by atoms with van der Waals surface area (Å²) in [5, 5.41) is 14.8. The van der Waals surface area contributed by atoms with Gasteiger partial charge in [0.1, 0.15) is 6.61 Å². The largest absolute Gasteiger partial charge is 0.481 e. The third-order valence-corrected chi connectivity index (χ3v) is 7.07. The number of fused-ring (bicyclic) bond motifs is 3. The molecule has 2 aromatic carbocycles. The van der Waals surface area contributed by atoms with Gasteiger partial charge in [-0.25, -0.2) is 4.79 Å². The zero-order valence-electron chi connectivity index (χ0n) is 20.4. The minimum Gasteiger partial charge on any atom is -0.481 e. The van der Waals surface area contributed by atoms with E-state index in [1.807, 2.05) is 38.1 Å². The molecule has 0 heterocycles. The molecule has 7 nitrogen and oxygen atoms in total. The summed E-state index contributed by atoms with van der Waals surface area (Å²) in [5.41, 5.74) is 4.26. The lowest BCUT2D eigenvalue weighted by Gasteiger charge is -2.23. The van der Waals surface area contributed by atoms with Gasteiger partial charge in [-0.2, -0.15) is 0 Å². The predicted octanol–water partition coefficient (Wildman–Crippen LogP) is 4.70. The smallest absolute Gasteiger partial charge is 0.407 e. The second-order valence-corrected chi connectivity index (χ2v) is 10.6. The van der Waals surface area contributed by atoms with Crippen molar-refractivity contribution in [3.05, 3.63) is 59.7 Å². The van der Waals surface area contributed by atoms with E-state index in [1.165, 1.54) is 22.3 Å². The number of aliphatic carboxylic acids is 1. The Morgan fingerprint density at radius 1 is 1.00 bits per heavy atom. The summed E-state index contributed by atoms with van der Waals surface area (Å²) >= 11 is 0. The highest BCUT2D eigenvalue weighted by Crippen LogP contribution is 2.44. The molecule has 2 atom stereocenters. The van der Waals surface area contributed by atoms with Crippen molar-refractivity contribution in [2.75, 3.05) is 13.2 Å². The molecule has 0 aromatic heterocycles. The molecule has 0 radical (unpaired) electrons. The molecule has 0 aliphatic heterocycles. The number of carbonyl (C=O) groups is 3. The second-order valence-electron chi connectivity index (χ2n) is 10.6. The van der Waals surface area contributed by atoms with E-state index >= 15 is 0 Å². The molecule has 186 valence electrons. The normalized spacial score (nSPS) is 19.0. The second kappa shape index (κ2) is 10.5. The quantitative estimate of drug-likeness (QED) is 0.485. The van der Waals surface area contributed by atoms with E-state index in [0.717, 1.165) is 19.3 Å². The number of alkyl carbamates (subject to hydrolysis) is 1. The first-order chi connectivity index (χ1) is 16.7. The number of hydrogen-bond acceptors (Lipinski definition) is 4. The lowest BCUT2D eigenvalue weighted by Crippen LogP contribution is -2.36. The molecule has 0 bridgehead atoms. The van der Waals surface area contributed by atoms with Crippen LogP contribution in [0.5, 0.6) is 0 Å². The molecule has 0 saturated heterocycles. The van der Waals surface area contributed by atoms with E-state index in [4.69, 9.17) is 9.84 Å². The Labute approximate surface area is 206 Å². The van der Waals surface area contributed by atoms with Crippen molar-refractivity contribution >= 4 is 18.0 Å². The summed E-state index contributed by atoms with van der Waals surface area (Å²) in [6.07, 6.45) is 2.37. The average Bonchev–Trinajstić information content (AvgIpc) is 3.37. The number of amides is 2. The van der Waals surface area contributed by atoms with E-state index in [1.54, 1.807) is 0 Å². The number of hydrogen-bond donors (Lipinski definition) is 3. The van der Waals surface area contributed by atoms with Crippen LogP contribution in [0, 0.1) is 11.3 Å². The van der Waals surface area contributed by atoms with Gasteiger partial charge in [-0.1, -0.05) is 62.4 Å². The van der Waals surface area contributed by atoms with Crippen molar-refractivity contribution in [2.24, 2.45) is 11.3 Å². The average molecular weight is 479 g/mol. The Morgan fingerprint density at radius 2 is 1.63 bits per heavy atom. The predicted molar refractivity (Wildman–Crippen MR) is 133 cm³/mol. The van der Waals surface area contributed by atoms with Gasteiger partial charge in [0.05, 0.1) is 6.42 Å². The maximum Gasteiger partial charge on any atom is 0.407 e. The van der Waals surface area contributed by atoms with Crippen molar-refractivity contribution < 1.29 is 24.2 Å². The number of carbonyl (C=O) groups excluding carboxylic acids is 2. The highest BCUT2D eigenvalue weighted by molar-refractivity contribution is 5.79. The van der Waals surface area contributed by atoms with Crippen molar-refractivity contribution in [3.63, 3.8) is 0 Å². The van der Waals surface area contributed by atoms with Crippen LogP contribution in [-0.4, -0.2) is 42.3 Å². The number of rotatable bonds is 9. The lowest BCUT2D eigenvalue weighted by atomic mass is 9.89. The van der Waals surface area contributed by atoms with E-state index in [9.17, 15) is 14.4 Å². The minimum atomic E-state index is -0.873. The molecule has 1 fully saturated rings. The fourth-order valence-electron chi connectivity index (χ4n) is 5.34. The van der Waals surface area contributed by atoms with Crippen molar-refractivity contribution in [3.8, 4) is 11.1 Å². The molecular formula is C28H34N2O5. The Morgan fingerprint density at radius 3 is 2.26 bits per heavy atom. The fraction of sp³-hybridized carbons (Fsp3) is 0.464. The van der Waals surface area contributed by atoms with E-state index in [-0.39, 0.29) is 36.8 Å². The first-order valence-electron chi connectivity index (χ1n) is 12.3. The molecule has 3 N–H and O–H groups in total. The fourth-order valence-corrected chi connectivity index (χ4v) is 5.34. The van der Waals surface area contributed by atoms with Crippen LogP contribution in [0.3, 0.4) is 0 Å². The van der Waals surface area contributed by atoms with Gasteiger partial charge >= 0.3 is 12.1 Å².